The van der Waals surface area contributed by atoms with Crippen LogP contribution >= 0.6 is 0 Å². The Balaban J connectivity index is 1.80. The first kappa shape index (κ1) is 13.7. The minimum absolute atomic E-state index is 0.0710. The second kappa shape index (κ2) is 6.42. The Morgan fingerprint density at radius 2 is 1.81 bits per heavy atom. The Labute approximate surface area is 125 Å². The van der Waals surface area contributed by atoms with Crippen molar-refractivity contribution in [1.82, 2.24) is 5.32 Å². The summed E-state index contributed by atoms with van der Waals surface area (Å²) in [5.41, 5.74) is 3.77. The molecule has 0 spiro atoms. The van der Waals surface area contributed by atoms with Crippen molar-refractivity contribution < 1.29 is 4.42 Å². The van der Waals surface area contributed by atoms with E-state index in [0.29, 0.717) is 0 Å². The van der Waals surface area contributed by atoms with Gasteiger partial charge in [0.2, 0.25) is 0 Å². The predicted octanol–water partition coefficient (Wildman–Crippen LogP) is 4.47. The van der Waals surface area contributed by atoms with E-state index in [1.165, 1.54) is 16.7 Å². The lowest BCUT2D eigenvalue weighted by Gasteiger charge is -2.17. The summed E-state index contributed by atoms with van der Waals surface area (Å²) in [6.07, 6.45) is 1.72. The monoisotopic (exact) mass is 277 g/mol. The van der Waals surface area contributed by atoms with Crippen LogP contribution in [0.15, 0.2) is 77.4 Å². The predicted molar refractivity (Wildman–Crippen MR) is 85.0 cm³/mol. The third-order valence-corrected chi connectivity index (χ3v) is 3.55. The molecule has 2 nitrogen and oxygen atoms in total. The Hall–Kier alpha value is -2.32. The summed E-state index contributed by atoms with van der Waals surface area (Å²) in [6, 6.07) is 23.0. The van der Waals surface area contributed by atoms with Gasteiger partial charge < -0.3 is 4.42 Å². The fourth-order valence-corrected chi connectivity index (χ4v) is 2.53. The molecule has 1 N–H and O–H groups in total. The molecule has 0 amide bonds. The maximum Gasteiger partial charge on any atom is 0.125 e. The molecule has 2 aromatic carbocycles. The minimum atomic E-state index is 0.0710. The highest BCUT2D eigenvalue weighted by atomic mass is 16.3. The van der Waals surface area contributed by atoms with E-state index in [9.17, 15) is 0 Å². The maximum absolute atomic E-state index is 5.60. The van der Waals surface area contributed by atoms with E-state index in [1.807, 2.05) is 18.2 Å². The van der Waals surface area contributed by atoms with Crippen LogP contribution in [-0.2, 0) is 6.54 Å². The van der Waals surface area contributed by atoms with Crippen molar-refractivity contribution in [2.24, 2.45) is 0 Å². The van der Waals surface area contributed by atoms with E-state index in [-0.39, 0.29) is 6.04 Å². The number of hydrogen-bond acceptors (Lipinski definition) is 2. The highest BCUT2D eigenvalue weighted by molar-refractivity contribution is 5.27. The highest BCUT2D eigenvalue weighted by Gasteiger charge is 2.15. The molecule has 3 aromatic rings. The van der Waals surface area contributed by atoms with Crippen LogP contribution in [0.5, 0.6) is 0 Å². The van der Waals surface area contributed by atoms with E-state index < -0.39 is 0 Å². The summed E-state index contributed by atoms with van der Waals surface area (Å²) in [6.45, 7) is 2.92. The first-order valence-corrected chi connectivity index (χ1v) is 7.20. The van der Waals surface area contributed by atoms with E-state index >= 15 is 0 Å². The van der Waals surface area contributed by atoms with E-state index in [2.05, 4.69) is 60.8 Å². The standard InChI is InChI=1S/C19H19NO/c1-15-7-5-8-16(13-15)14-20-19(18-11-6-12-21-18)17-9-3-2-4-10-17/h2-13,19-20H,14H2,1H3. The SMILES string of the molecule is Cc1cccc(CNC(c2ccccc2)c2ccco2)c1. The molecule has 0 fully saturated rings. The molecule has 1 aromatic heterocycles. The van der Waals surface area contributed by atoms with Crippen molar-refractivity contribution in [3.05, 3.63) is 95.4 Å². The van der Waals surface area contributed by atoms with Gasteiger partial charge in [0.1, 0.15) is 5.76 Å². The molecule has 0 radical (unpaired) electrons. The quantitative estimate of drug-likeness (QED) is 0.744. The zero-order valence-electron chi connectivity index (χ0n) is 12.1. The van der Waals surface area contributed by atoms with E-state index in [4.69, 9.17) is 4.42 Å². The van der Waals surface area contributed by atoms with Crippen molar-refractivity contribution in [1.29, 1.82) is 0 Å². The molecule has 0 aliphatic carbocycles. The van der Waals surface area contributed by atoms with Gasteiger partial charge in [-0.3, -0.25) is 5.32 Å². The van der Waals surface area contributed by atoms with E-state index in [1.54, 1.807) is 6.26 Å². The summed E-state index contributed by atoms with van der Waals surface area (Å²) in [5.74, 6) is 0.939. The molecule has 0 aliphatic rings. The molecule has 2 heteroatoms. The summed E-state index contributed by atoms with van der Waals surface area (Å²) in [7, 11) is 0. The largest absolute Gasteiger partial charge is 0.467 e. The van der Waals surface area contributed by atoms with Crippen molar-refractivity contribution in [3.63, 3.8) is 0 Å². The third kappa shape index (κ3) is 3.41. The first-order chi connectivity index (χ1) is 10.3. The molecule has 1 unspecified atom stereocenters. The van der Waals surface area contributed by atoms with Crippen molar-refractivity contribution in [2.75, 3.05) is 0 Å². The summed E-state index contributed by atoms with van der Waals surface area (Å²) < 4.78 is 5.60. The number of rotatable bonds is 5. The summed E-state index contributed by atoms with van der Waals surface area (Å²) in [4.78, 5) is 0. The molecular formula is C19H19NO. The molecule has 1 atom stereocenters. The molecule has 0 saturated heterocycles. The fourth-order valence-electron chi connectivity index (χ4n) is 2.53. The average Bonchev–Trinajstić information content (AvgIpc) is 3.03. The zero-order valence-corrected chi connectivity index (χ0v) is 12.1. The minimum Gasteiger partial charge on any atom is -0.467 e. The van der Waals surface area contributed by atoms with Crippen LogP contribution in [0.3, 0.4) is 0 Å². The smallest absolute Gasteiger partial charge is 0.125 e. The number of furan rings is 1. The Morgan fingerprint density at radius 1 is 0.952 bits per heavy atom. The lowest BCUT2D eigenvalue weighted by molar-refractivity contribution is 0.446. The van der Waals surface area contributed by atoms with Gasteiger partial charge in [0.25, 0.3) is 0 Å². The van der Waals surface area contributed by atoms with Crippen LogP contribution in [0.4, 0.5) is 0 Å². The van der Waals surface area contributed by atoms with Crippen molar-refractivity contribution >= 4 is 0 Å². The summed E-state index contributed by atoms with van der Waals surface area (Å²) in [5, 5.41) is 3.59. The van der Waals surface area contributed by atoms with Crippen molar-refractivity contribution in [2.45, 2.75) is 19.5 Å². The van der Waals surface area contributed by atoms with Gasteiger partial charge in [-0.15, -0.1) is 0 Å². The summed E-state index contributed by atoms with van der Waals surface area (Å²) >= 11 is 0. The third-order valence-electron chi connectivity index (χ3n) is 3.55. The Kier molecular flexibility index (Phi) is 4.17. The molecule has 1 heterocycles. The van der Waals surface area contributed by atoms with Crippen LogP contribution in [0, 0.1) is 6.92 Å². The van der Waals surface area contributed by atoms with E-state index in [0.717, 1.165) is 12.3 Å². The van der Waals surface area contributed by atoms with Gasteiger partial charge in [-0.05, 0) is 30.2 Å². The van der Waals surface area contributed by atoms with Crippen LogP contribution in [0.2, 0.25) is 0 Å². The second-order valence-electron chi connectivity index (χ2n) is 5.23. The molecule has 3 rings (SSSR count). The fraction of sp³-hybridized carbons (Fsp3) is 0.158. The Morgan fingerprint density at radius 3 is 2.52 bits per heavy atom. The van der Waals surface area contributed by atoms with Gasteiger partial charge in [0.05, 0.1) is 12.3 Å². The first-order valence-electron chi connectivity index (χ1n) is 7.20. The normalized spacial score (nSPS) is 12.2. The topological polar surface area (TPSA) is 25.2 Å². The number of aryl methyl sites for hydroxylation is 1. The van der Waals surface area contributed by atoms with Gasteiger partial charge >= 0.3 is 0 Å². The second-order valence-corrected chi connectivity index (χ2v) is 5.23. The molecular weight excluding hydrogens is 258 g/mol. The maximum atomic E-state index is 5.60. The zero-order chi connectivity index (χ0) is 14.5. The molecule has 21 heavy (non-hydrogen) atoms. The van der Waals surface area contributed by atoms with Gasteiger partial charge in [-0.2, -0.15) is 0 Å². The number of hydrogen-bond donors (Lipinski definition) is 1. The number of benzene rings is 2. The Bertz CT molecular complexity index is 674. The van der Waals surface area contributed by atoms with Crippen LogP contribution in [0.1, 0.15) is 28.5 Å². The lowest BCUT2D eigenvalue weighted by Crippen LogP contribution is -2.21. The molecule has 106 valence electrons. The number of nitrogens with one attached hydrogen (secondary N) is 1. The molecule has 0 saturated carbocycles. The molecule has 0 aliphatic heterocycles. The van der Waals surface area contributed by atoms with Gasteiger partial charge in [-0.1, -0.05) is 60.2 Å². The average molecular weight is 277 g/mol. The van der Waals surface area contributed by atoms with Gasteiger partial charge in [-0.25, -0.2) is 0 Å². The molecule has 0 bridgehead atoms. The van der Waals surface area contributed by atoms with Gasteiger partial charge in [0.15, 0.2) is 0 Å². The van der Waals surface area contributed by atoms with Crippen LogP contribution < -0.4 is 5.32 Å². The van der Waals surface area contributed by atoms with Crippen molar-refractivity contribution in [3.8, 4) is 0 Å². The van der Waals surface area contributed by atoms with Gasteiger partial charge in [0, 0.05) is 6.54 Å². The van der Waals surface area contributed by atoms with Crippen LogP contribution in [0.25, 0.3) is 0 Å². The lowest BCUT2D eigenvalue weighted by atomic mass is 10.0. The highest BCUT2D eigenvalue weighted by Crippen LogP contribution is 2.22. The van der Waals surface area contributed by atoms with Crippen LogP contribution in [-0.4, -0.2) is 0 Å².